The van der Waals surface area contributed by atoms with E-state index in [0.717, 1.165) is 0 Å². The predicted octanol–water partition coefficient (Wildman–Crippen LogP) is 4.49. The van der Waals surface area contributed by atoms with E-state index in [-0.39, 0.29) is 17.8 Å². The van der Waals surface area contributed by atoms with Gasteiger partial charge in [-0.05, 0) is 49.2 Å². The number of halogens is 2. The molecule has 0 atom stereocenters. The van der Waals surface area contributed by atoms with E-state index in [0.29, 0.717) is 34.1 Å². The molecule has 0 aliphatic heterocycles. The van der Waals surface area contributed by atoms with Crippen LogP contribution in [0.25, 0.3) is 0 Å². The Labute approximate surface area is 146 Å². The topological polar surface area (TPSA) is 44.2 Å². The molecule has 0 aromatic heterocycles. The molecular weight excluding hydrogens is 327 g/mol. The highest BCUT2D eigenvalue weighted by Gasteiger charge is 2.19. The average molecular weight is 347 g/mol. The van der Waals surface area contributed by atoms with Gasteiger partial charge in [-0.3, -0.25) is 10.2 Å². The van der Waals surface area contributed by atoms with Crippen molar-refractivity contribution in [1.29, 1.82) is 5.41 Å². The molecule has 0 aliphatic carbocycles. The van der Waals surface area contributed by atoms with Crippen LogP contribution in [0.3, 0.4) is 0 Å². The number of hydrogen-bond donors (Lipinski definition) is 1. The van der Waals surface area contributed by atoms with Crippen LogP contribution in [0, 0.1) is 18.2 Å². The molecule has 2 rings (SSSR count). The zero-order valence-electron chi connectivity index (χ0n) is 14.0. The van der Waals surface area contributed by atoms with Crippen molar-refractivity contribution in [3.63, 3.8) is 0 Å². The summed E-state index contributed by atoms with van der Waals surface area (Å²) in [5.74, 6) is -0.422. The van der Waals surface area contributed by atoms with Crippen LogP contribution in [0.15, 0.2) is 36.4 Å². The third kappa shape index (κ3) is 3.82. The quantitative estimate of drug-likeness (QED) is 0.492. The Morgan fingerprint density at radius 1 is 1.25 bits per heavy atom. The number of likely N-dealkylation sites (N-methyl/N-ethyl adjacent to an activating group) is 1. The fourth-order valence-corrected chi connectivity index (χ4v) is 2.67. The van der Waals surface area contributed by atoms with Gasteiger partial charge in [-0.1, -0.05) is 23.7 Å². The van der Waals surface area contributed by atoms with E-state index in [4.69, 9.17) is 17.0 Å². The zero-order chi connectivity index (χ0) is 17.9. The summed E-state index contributed by atoms with van der Waals surface area (Å²) in [7, 11) is 1.81. The van der Waals surface area contributed by atoms with Crippen molar-refractivity contribution in [3.05, 3.63) is 69.5 Å². The Bertz CT molecular complexity index is 789. The molecule has 0 bridgehead atoms. The van der Waals surface area contributed by atoms with Crippen LogP contribution in [0.4, 0.5) is 4.39 Å². The molecule has 3 nitrogen and oxygen atoms in total. The fourth-order valence-electron chi connectivity index (χ4n) is 2.45. The molecule has 1 N–H and O–H groups in total. The van der Waals surface area contributed by atoms with Gasteiger partial charge < -0.3 is 4.90 Å². The van der Waals surface area contributed by atoms with Crippen LogP contribution < -0.4 is 0 Å². The van der Waals surface area contributed by atoms with Gasteiger partial charge in [0.15, 0.2) is 5.78 Å². The molecule has 5 heteroatoms. The molecule has 0 amide bonds. The Morgan fingerprint density at radius 3 is 2.54 bits per heavy atom. The first kappa shape index (κ1) is 18.1. The molecule has 2 aromatic carbocycles. The summed E-state index contributed by atoms with van der Waals surface area (Å²) in [5, 5.41) is 8.41. The molecule has 2 aromatic rings. The maximum absolute atomic E-state index is 14.0. The number of hydrogen-bond acceptors (Lipinski definition) is 2. The lowest BCUT2D eigenvalue weighted by Gasteiger charge is -2.19. The number of amidine groups is 1. The minimum Gasteiger partial charge on any atom is -0.364 e. The molecule has 0 radical (unpaired) electrons. The van der Waals surface area contributed by atoms with E-state index in [9.17, 15) is 9.18 Å². The molecule has 0 fully saturated rings. The minimum absolute atomic E-state index is 0.275. The van der Waals surface area contributed by atoms with Crippen LogP contribution in [-0.2, 0) is 6.42 Å². The number of nitrogens with one attached hydrogen (secondary N) is 1. The first-order valence-corrected chi connectivity index (χ1v) is 8.09. The standard InChI is InChI=1S/C19H20ClFN2O/c1-4-23(3)18(22)10-13-9-14(21)11-16(12(13)2)19(24)15-7-5-6-8-17(15)20/h5-9,11,22H,4,10H2,1-3H3. The second kappa shape index (κ2) is 7.58. The molecule has 0 spiro atoms. The number of benzene rings is 2. The summed E-state index contributed by atoms with van der Waals surface area (Å²) >= 11 is 6.09. The fraction of sp³-hybridized carbons (Fsp3) is 0.263. The van der Waals surface area contributed by atoms with Crippen molar-refractivity contribution in [1.82, 2.24) is 4.90 Å². The summed E-state index contributed by atoms with van der Waals surface area (Å²) < 4.78 is 14.0. The molecule has 0 saturated carbocycles. The van der Waals surface area contributed by atoms with E-state index in [1.165, 1.54) is 12.1 Å². The van der Waals surface area contributed by atoms with Gasteiger partial charge in [-0.2, -0.15) is 0 Å². The monoisotopic (exact) mass is 346 g/mol. The van der Waals surface area contributed by atoms with Crippen LogP contribution in [-0.4, -0.2) is 30.1 Å². The van der Waals surface area contributed by atoms with E-state index in [1.807, 2.05) is 14.0 Å². The molecule has 0 aliphatic rings. The van der Waals surface area contributed by atoms with Gasteiger partial charge in [-0.15, -0.1) is 0 Å². The lowest BCUT2D eigenvalue weighted by atomic mass is 9.93. The van der Waals surface area contributed by atoms with Crippen molar-refractivity contribution in [3.8, 4) is 0 Å². The van der Waals surface area contributed by atoms with Crippen LogP contribution in [0.5, 0.6) is 0 Å². The number of nitrogens with zero attached hydrogens (tertiary/aromatic N) is 1. The Morgan fingerprint density at radius 2 is 1.92 bits per heavy atom. The normalized spacial score (nSPS) is 10.5. The van der Waals surface area contributed by atoms with Gasteiger partial charge in [0.1, 0.15) is 5.82 Å². The smallest absolute Gasteiger partial charge is 0.194 e. The predicted molar refractivity (Wildman–Crippen MR) is 95.8 cm³/mol. The van der Waals surface area contributed by atoms with Crippen LogP contribution in [0.2, 0.25) is 5.02 Å². The lowest BCUT2D eigenvalue weighted by Crippen LogP contribution is -2.27. The van der Waals surface area contributed by atoms with Gasteiger partial charge in [-0.25, -0.2) is 4.39 Å². The van der Waals surface area contributed by atoms with Crippen molar-refractivity contribution >= 4 is 23.2 Å². The van der Waals surface area contributed by atoms with Crippen molar-refractivity contribution in [2.75, 3.05) is 13.6 Å². The maximum Gasteiger partial charge on any atom is 0.194 e. The second-order valence-electron chi connectivity index (χ2n) is 5.68. The van der Waals surface area contributed by atoms with Gasteiger partial charge in [0.25, 0.3) is 0 Å². The summed E-state index contributed by atoms with van der Waals surface area (Å²) in [6.45, 7) is 4.41. The third-order valence-electron chi connectivity index (χ3n) is 4.14. The molecule has 126 valence electrons. The van der Waals surface area contributed by atoms with Crippen molar-refractivity contribution in [2.45, 2.75) is 20.3 Å². The third-order valence-corrected chi connectivity index (χ3v) is 4.47. The van der Waals surface area contributed by atoms with Crippen LogP contribution in [0.1, 0.15) is 34.0 Å². The van der Waals surface area contributed by atoms with Gasteiger partial charge in [0.05, 0.1) is 10.9 Å². The van der Waals surface area contributed by atoms with Crippen LogP contribution >= 0.6 is 11.6 Å². The van der Waals surface area contributed by atoms with E-state index in [2.05, 4.69) is 0 Å². The number of carbonyl (C=O) groups is 1. The maximum atomic E-state index is 14.0. The van der Waals surface area contributed by atoms with E-state index >= 15 is 0 Å². The molecule has 0 saturated heterocycles. The molecule has 0 heterocycles. The highest BCUT2D eigenvalue weighted by molar-refractivity contribution is 6.35. The Balaban J connectivity index is 2.44. The largest absolute Gasteiger partial charge is 0.364 e. The van der Waals surface area contributed by atoms with Crippen molar-refractivity contribution < 1.29 is 9.18 Å². The van der Waals surface area contributed by atoms with Gasteiger partial charge in [0.2, 0.25) is 0 Å². The molecular formula is C19H20ClFN2O. The molecule has 24 heavy (non-hydrogen) atoms. The first-order valence-electron chi connectivity index (χ1n) is 7.72. The highest BCUT2D eigenvalue weighted by Crippen LogP contribution is 2.24. The summed E-state index contributed by atoms with van der Waals surface area (Å²) in [6, 6.07) is 9.34. The molecule has 0 unspecified atom stereocenters. The van der Waals surface area contributed by atoms with Gasteiger partial charge >= 0.3 is 0 Å². The first-order chi connectivity index (χ1) is 11.3. The summed E-state index contributed by atoms with van der Waals surface area (Å²) in [4.78, 5) is 14.5. The van der Waals surface area contributed by atoms with Crippen molar-refractivity contribution in [2.24, 2.45) is 0 Å². The van der Waals surface area contributed by atoms with E-state index < -0.39 is 5.82 Å². The summed E-state index contributed by atoms with van der Waals surface area (Å²) in [5.41, 5.74) is 1.94. The lowest BCUT2D eigenvalue weighted by molar-refractivity contribution is 0.103. The second-order valence-corrected chi connectivity index (χ2v) is 6.09. The number of ketones is 1. The number of carbonyl (C=O) groups excluding carboxylic acids is 1. The Kier molecular flexibility index (Phi) is 5.73. The SMILES string of the molecule is CCN(C)C(=N)Cc1cc(F)cc(C(=O)c2ccccc2Cl)c1C. The van der Waals surface area contributed by atoms with Gasteiger partial charge in [0, 0.05) is 31.1 Å². The zero-order valence-corrected chi connectivity index (χ0v) is 14.7. The highest BCUT2D eigenvalue weighted by atomic mass is 35.5. The minimum atomic E-state index is -0.488. The van der Waals surface area contributed by atoms with E-state index in [1.54, 1.807) is 36.1 Å². The average Bonchev–Trinajstić information content (AvgIpc) is 2.56. The number of rotatable bonds is 5. The Hall–Kier alpha value is -2.20. The summed E-state index contributed by atoms with van der Waals surface area (Å²) in [6.07, 6.45) is 0.275.